The van der Waals surface area contributed by atoms with Gasteiger partial charge in [0.05, 0.1) is 5.56 Å². The minimum atomic E-state index is -4.41. The molecule has 0 saturated heterocycles. The van der Waals surface area contributed by atoms with Crippen LogP contribution < -0.4 is 4.74 Å². The minimum Gasteiger partial charge on any atom is -0.475 e. The van der Waals surface area contributed by atoms with Crippen molar-refractivity contribution in [2.75, 3.05) is 13.2 Å². The first-order chi connectivity index (χ1) is 14.4. The largest absolute Gasteiger partial charge is 0.475 e. The monoisotopic (exact) mass is 416 g/mol. The Morgan fingerprint density at radius 3 is 2.37 bits per heavy atom. The van der Waals surface area contributed by atoms with Crippen LogP contribution in [0.15, 0.2) is 71.9 Å². The lowest BCUT2D eigenvalue weighted by Crippen LogP contribution is -2.19. The molecule has 1 aliphatic heterocycles. The van der Waals surface area contributed by atoms with Crippen molar-refractivity contribution in [1.82, 2.24) is 4.98 Å². The number of rotatable bonds is 5. The fourth-order valence-corrected chi connectivity index (χ4v) is 3.02. The normalized spacial score (nSPS) is 16.1. The highest BCUT2D eigenvalue weighted by atomic mass is 19.4. The van der Waals surface area contributed by atoms with Crippen molar-refractivity contribution < 1.29 is 27.0 Å². The van der Waals surface area contributed by atoms with Gasteiger partial charge in [-0.3, -0.25) is 0 Å². The van der Waals surface area contributed by atoms with E-state index < -0.39 is 12.8 Å². The van der Waals surface area contributed by atoms with Crippen molar-refractivity contribution >= 4 is 5.90 Å². The van der Waals surface area contributed by atoms with Gasteiger partial charge < -0.3 is 9.47 Å². The zero-order valence-electron chi connectivity index (χ0n) is 15.6. The Balaban J connectivity index is 1.45. The van der Waals surface area contributed by atoms with Gasteiger partial charge in [0.25, 0.3) is 0 Å². The van der Waals surface area contributed by atoms with E-state index in [4.69, 9.17) is 4.74 Å². The molecule has 0 bridgehead atoms. The predicted molar refractivity (Wildman–Crippen MR) is 103 cm³/mol. The number of ether oxygens (including phenoxy) is 2. The molecule has 1 atom stereocenters. The second-order valence-electron chi connectivity index (χ2n) is 6.65. The number of alkyl halides is 3. The van der Waals surface area contributed by atoms with Gasteiger partial charge in [0.15, 0.2) is 6.61 Å². The van der Waals surface area contributed by atoms with Crippen molar-refractivity contribution in [3.63, 3.8) is 0 Å². The van der Waals surface area contributed by atoms with E-state index in [-0.39, 0.29) is 23.6 Å². The summed E-state index contributed by atoms with van der Waals surface area (Å²) in [6.45, 7) is -1.07. The molecule has 0 N–H and O–H groups in total. The Labute approximate surface area is 169 Å². The molecule has 2 aromatic carbocycles. The van der Waals surface area contributed by atoms with Crippen LogP contribution in [0.2, 0.25) is 0 Å². The molecule has 30 heavy (non-hydrogen) atoms. The van der Waals surface area contributed by atoms with Crippen LogP contribution in [0.5, 0.6) is 5.88 Å². The second kappa shape index (κ2) is 8.14. The Morgan fingerprint density at radius 2 is 1.70 bits per heavy atom. The molecule has 8 heteroatoms. The highest BCUT2D eigenvalue weighted by Gasteiger charge is 2.28. The number of nitrogens with zero attached hydrogens (tertiary/aromatic N) is 2. The summed E-state index contributed by atoms with van der Waals surface area (Å²) in [6, 6.07) is 16.6. The summed E-state index contributed by atoms with van der Waals surface area (Å²) in [5.41, 5.74) is 2.81. The number of hydrogen-bond acceptors (Lipinski definition) is 4. The van der Waals surface area contributed by atoms with E-state index >= 15 is 0 Å². The predicted octanol–water partition coefficient (Wildman–Crippen LogP) is 5.35. The van der Waals surface area contributed by atoms with Gasteiger partial charge in [-0.25, -0.2) is 14.4 Å². The van der Waals surface area contributed by atoms with Crippen LogP contribution in [0.4, 0.5) is 17.6 Å². The second-order valence-corrected chi connectivity index (χ2v) is 6.65. The Hall–Kier alpha value is -3.42. The molecule has 0 saturated carbocycles. The van der Waals surface area contributed by atoms with E-state index in [2.05, 4.69) is 14.7 Å². The molecule has 0 aliphatic carbocycles. The number of aliphatic imine (C=N–C) groups is 1. The van der Waals surface area contributed by atoms with E-state index in [0.717, 1.165) is 16.7 Å². The third-order valence-corrected chi connectivity index (χ3v) is 4.50. The molecule has 1 aliphatic rings. The van der Waals surface area contributed by atoms with Gasteiger partial charge in [0, 0.05) is 17.8 Å². The number of pyridine rings is 1. The van der Waals surface area contributed by atoms with Gasteiger partial charge in [-0.2, -0.15) is 13.2 Å². The summed E-state index contributed by atoms with van der Waals surface area (Å²) < 4.78 is 60.7. The minimum absolute atomic E-state index is 0.0918. The SMILES string of the molecule is Fc1ccccc1C1=NC(c2ccc(-c3ccc(OCC(F)(F)F)nc3)cc2)CO1. The van der Waals surface area contributed by atoms with Crippen LogP contribution in [0.3, 0.4) is 0 Å². The van der Waals surface area contributed by atoms with E-state index in [1.807, 2.05) is 24.3 Å². The van der Waals surface area contributed by atoms with Crippen LogP contribution in [0, 0.1) is 5.82 Å². The first-order valence-electron chi connectivity index (χ1n) is 9.10. The lowest BCUT2D eigenvalue weighted by molar-refractivity contribution is -0.154. The lowest BCUT2D eigenvalue weighted by Gasteiger charge is -2.09. The summed E-state index contributed by atoms with van der Waals surface area (Å²) in [6.07, 6.45) is -2.96. The maximum atomic E-state index is 13.9. The highest BCUT2D eigenvalue weighted by Crippen LogP contribution is 2.28. The first kappa shape index (κ1) is 19.9. The van der Waals surface area contributed by atoms with Gasteiger partial charge in [-0.05, 0) is 29.3 Å². The Bertz CT molecular complexity index is 1050. The van der Waals surface area contributed by atoms with Gasteiger partial charge in [0.2, 0.25) is 11.8 Å². The molecule has 3 aromatic rings. The molecule has 4 rings (SSSR count). The van der Waals surface area contributed by atoms with Crippen molar-refractivity contribution in [3.05, 3.63) is 83.8 Å². The van der Waals surface area contributed by atoms with Gasteiger partial charge in [-0.1, -0.05) is 36.4 Å². The summed E-state index contributed by atoms with van der Waals surface area (Å²) in [5, 5.41) is 0. The molecule has 154 valence electrons. The van der Waals surface area contributed by atoms with Crippen molar-refractivity contribution in [2.45, 2.75) is 12.2 Å². The molecule has 1 unspecified atom stereocenters. The number of halogens is 4. The summed E-state index contributed by atoms with van der Waals surface area (Å²) in [4.78, 5) is 8.39. The Kier molecular flexibility index (Phi) is 5.39. The maximum absolute atomic E-state index is 13.9. The van der Waals surface area contributed by atoms with Gasteiger partial charge >= 0.3 is 6.18 Å². The van der Waals surface area contributed by atoms with Gasteiger partial charge in [0.1, 0.15) is 18.5 Å². The number of hydrogen-bond donors (Lipinski definition) is 0. The molecule has 0 radical (unpaired) electrons. The van der Waals surface area contributed by atoms with E-state index in [1.54, 1.807) is 24.3 Å². The van der Waals surface area contributed by atoms with Crippen LogP contribution in [0.25, 0.3) is 11.1 Å². The van der Waals surface area contributed by atoms with Crippen molar-refractivity contribution in [2.24, 2.45) is 4.99 Å². The van der Waals surface area contributed by atoms with E-state index in [1.165, 1.54) is 18.3 Å². The first-order valence-corrected chi connectivity index (χ1v) is 9.10. The molecule has 0 spiro atoms. The van der Waals surface area contributed by atoms with Crippen LogP contribution in [0.1, 0.15) is 17.2 Å². The fraction of sp³-hybridized carbons (Fsp3) is 0.182. The summed E-state index contributed by atoms with van der Waals surface area (Å²) >= 11 is 0. The van der Waals surface area contributed by atoms with Crippen molar-refractivity contribution in [1.29, 1.82) is 0 Å². The average Bonchev–Trinajstić information content (AvgIpc) is 3.23. The van der Waals surface area contributed by atoms with Gasteiger partial charge in [-0.15, -0.1) is 0 Å². The zero-order valence-corrected chi connectivity index (χ0v) is 15.6. The van der Waals surface area contributed by atoms with Crippen LogP contribution in [-0.2, 0) is 4.74 Å². The Morgan fingerprint density at radius 1 is 0.967 bits per heavy atom. The average molecular weight is 416 g/mol. The smallest absolute Gasteiger partial charge is 0.422 e. The highest BCUT2D eigenvalue weighted by molar-refractivity contribution is 5.95. The van der Waals surface area contributed by atoms with Crippen LogP contribution in [-0.4, -0.2) is 30.3 Å². The van der Waals surface area contributed by atoms with Crippen molar-refractivity contribution in [3.8, 4) is 17.0 Å². The molecule has 1 aromatic heterocycles. The fourth-order valence-electron chi connectivity index (χ4n) is 3.02. The number of benzene rings is 2. The third-order valence-electron chi connectivity index (χ3n) is 4.50. The topological polar surface area (TPSA) is 43.7 Å². The number of aromatic nitrogens is 1. The molecule has 2 heterocycles. The molecule has 0 fully saturated rings. The molecule has 4 nitrogen and oxygen atoms in total. The third kappa shape index (κ3) is 4.59. The zero-order chi connectivity index (χ0) is 21.1. The van der Waals surface area contributed by atoms with E-state index in [9.17, 15) is 17.6 Å². The maximum Gasteiger partial charge on any atom is 0.422 e. The quantitative estimate of drug-likeness (QED) is 0.527. The standard InChI is InChI=1S/C22H16F4N2O2/c23-18-4-2-1-3-17(18)21-28-19(12-29-21)15-7-5-14(6-8-15)16-9-10-20(27-11-16)30-13-22(24,25)26/h1-11,19H,12-13H2. The molecule has 0 amide bonds. The van der Waals surface area contributed by atoms with Crippen LogP contribution >= 0.6 is 0 Å². The summed E-state index contributed by atoms with van der Waals surface area (Å²) in [5.74, 6) is -0.200. The summed E-state index contributed by atoms with van der Waals surface area (Å²) in [7, 11) is 0. The molecular weight excluding hydrogens is 400 g/mol. The van der Waals surface area contributed by atoms with E-state index in [0.29, 0.717) is 12.2 Å². The lowest BCUT2D eigenvalue weighted by atomic mass is 10.0. The molecular formula is C22H16F4N2O2.